The van der Waals surface area contributed by atoms with Crippen LogP contribution in [-0.2, 0) is 20.0 Å². The van der Waals surface area contributed by atoms with Gasteiger partial charge in [-0.05, 0) is 12.5 Å². The van der Waals surface area contributed by atoms with Gasteiger partial charge in [-0.2, -0.15) is 0 Å². The predicted molar refractivity (Wildman–Crippen MR) is 88.1 cm³/mol. The zero-order valence-electron chi connectivity index (χ0n) is 13.2. The molecule has 1 aromatic carbocycles. The number of benzene rings is 1. The fourth-order valence-corrected chi connectivity index (χ4v) is 4.00. The minimum atomic E-state index is -3.10. The molecule has 5 heteroatoms. The van der Waals surface area contributed by atoms with E-state index in [1.54, 1.807) is 6.08 Å². The molecule has 0 bridgehead atoms. The average Bonchev–Trinajstić information content (AvgIpc) is 2.78. The van der Waals surface area contributed by atoms with Crippen molar-refractivity contribution >= 4 is 15.7 Å². The third-order valence-electron chi connectivity index (χ3n) is 4.43. The van der Waals surface area contributed by atoms with Crippen molar-refractivity contribution in [2.24, 2.45) is 5.92 Å². The first-order valence-corrected chi connectivity index (χ1v) is 9.18. The minimum Gasteiger partial charge on any atom is -0.353 e. The highest BCUT2D eigenvalue weighted by molar-refractivity contribution is 7.94. The number of allylic oxidation sites excluding steroid dienone is 1. The quantitative estimate of drug-likeness (QED) is 0.906. The Labute approximate surface area is 132 Å². The third kappa shape index (κ3) is 3.97. The van der Waals surface area contributed by atoms with E-state index in [1.807, 2.05) is 25.1 Å². The molecular formula is C17H23NO3S. The number of hydrogen-bond donors (Lipinski definition) is 1. The SMILES string of the molecule is C[C@H](NC(=O)C[C@H]1C=CS(=O)(=O)C1)C(C)(C)c1ccccc1. The second-order valence-electron chi connectivity index (χ2n) is 6.50. The summed E-state index contributed by atoms with van der Waals surface area (Å²) >= 11 is 0. The van der Waals surface area contributed by atoms with Gasteiger partial charge in [0.25, 0.3) is 0 Å². The smallest absolute Gasteiger partial charge is 0.220 e. The highest BCUT2D eigenvalue weighted by Gasteiger charge is 2.30. The lowest BCUT2D eigenvalue weighted by molar-refractivity contribution is -0.122. The Balaban J connectivity index is 1.95. The van der Waals surface area contributed by atoms with Gasteiger partial charge in [0.2, 0.25) is 5.91 Å². The van der Waals surface area contributed by atoms with Gasteiger partial charge >= 0.3 is 0 Å². The fraction of sp³-hybridized carbons (Fsp3) is 0.471. The van der Waals surface area contributed by atoms with Gasteiger partial charge in [0.1, 0.15) is 0 Å². The van der Waals surface area contributed by atoms with Crippen molar-refractivity contribution in [1.82, 2.24) is 5.32 Å². The van der Waals surface area contributed by atoms with Crippen molar-refractivity contribution < 1.29 is 13.2 Å². The molecule has 1 amide bonds. The van der Waals surface area contributed by atoms with Gasteiger partial charge in [-0.1, -0.05) is 50.3 Å². The highest BCUT2D eigenvalue weighted by Crippen LogP contribution is 2.27. The van der Waals surface area contributed by atoms with Crippen LogP contribution in [0.4, 0.5) is 0 Å². The lowest BCUT2D eigenvalue weighted by Gasteiger charge is -2.33. The molecule has 120 valence electrons. The van der Waals surface area contributed by atoms with Crippen molar-refractivity contribution in [2.45, 2.75) is 38.6 Å². The zero-order chi connectivity index (χ0) is 16.4. The van der Waals surface area contributed by atoms with Gasteiger partial charge in [-0.15, -0.1) is 0 Å². The molecule has 0 fully saturated rings. The van der Waals surface area contributed by atoms with E-state index < -0.39 is 9.84 Å². The largest absolute Gasteiger partial charge is 0.353 e. The van der Waals surface area contributed by atoms with E-state index in [0.29, 0.717) is 0 Å². The molecule has 0 saturated carbocycles. The first-order valence-electron chi connectivity index (χ1n) is 7.46. The van der Waals surface area contributed by atoms with E-state index >= 15 is 0 Å². The Hall–Kier alpha value is -1.62. The minimum absolute atomic E-state index is 0.0386. The Morgan fingerprint density at radius 2 is 1.95 bits per heavy atom. The summed E-state index contributed by atoms with van der Waals surface area (Å²) in [6, 6.07) is 9.99. The second-order valence-corrected chi connectivity index (χ2v) is 8.43. The van der Waals surface area contributed by atoms with Crippen molar-refractivity contribution in [1.29, 1.82) is 0 Å². The van der Waals surface area contributed by atoms with E-state index in [4.69, 9.17) is 0 Å². The Morgan fingerprint density at radius 3 is 2.50 bits per heavy atom. The molecule has 1 aliphatic rings. The molecule has 0 aliphatic carbocycles. The van der Waals surface area contributed by atoms with Crippen molar-refractivity contribution in [3.8, 4) is 0 Å². The fourth-order valence-electron chi connectivity index (χ4n) is 2.60. The summed E-state index contributed by atoms with van der Waals surface area (Å²) in [5, 5.41) is 4.22. The van der Waals surface area contributed by atoms with E-state index in [0.717, 1.165) is 5.56 Å². The number of amides is 1. The molecule has 2 rings (SSSR count). The topological polar surface area (TPSA) is 63.2 Å². The maximum Gasteiger partial charge on any atom is 0.220 e. The average molecular weight is 321 g/mol. The molecular weight excluding hydrogens is 298 g/mol. The van der Waals surface area contributed by atoms with Crippen molar-refractivity contribution in [3.63, 3.8) is 0 Å². The van der Waals surface area contributed by atoms with Crippen LogP contribution >= 0.6 is 0 Å². The molecule has 0 radical (unpaired) electrons. The number of rotatable bonds is 5. The molecule has 4 nitrogen and oxygen atoms in total. The summed E-state index contributed by atoms with van der Waals surface area (Å²) in [6.07, 6.45) is 1.83. The normalized spacial score (nSPS) is 21.5. The van der Waals surface area contributed by atoms with Gasteiger partial charge in [-0.3, -0.25) is 4.79 Å². The molecule has 1 heterocycles. The first-order chi connectivity index (χ1) is 10.2. The van der Waals surface area contributed by atoms with Gasteiger partial charge in [-0.25, -0.2) is 8.42 Å². The molecule has 2 atom stereocenters. The predicted octanol–water partition coefficient (Wildman–Crippen LogP) is 2.42. The molecule has 22 heavy (non-hydrogen) atoms. The summed E-state index contributed by atoms with van der Waals surface area (Å²) in [5.41, 5.74) is 0.959. The summed E-state index contributed by atoms with van der Waals surface area (Å²) in [4.78, 5) is 12.2. The van der Waals surface area contributed by atoms with Crippen LogP contribution in [0.15, 0.2) is 41.8 Å². The maximum atomic E-state index is 12.2. The molecule has 0 saturated heterocycles. The van der Waals surface area contributed by atoms with Crippen LogP contribution in [0.1, 0.15) is 32.8 Å². The third-order valence-corrected chi connectivity index (χ3v) is 5.89. The molecule has 1 aliphatic heterocycles. The van der Waals surface area contributed by atoms with E-state index in [1.165, 1.54) is 5.41 Å². The lowest BCUT2D eigenvalue weighted by Crippen LogP contribution is -2.45. The van der Waals surface area contributed by atoms with Gasteiger partial charge < -0.3 is 5.32 Å². The molecule has 1 N–H and O–H groups in total. The van der Waals surface area contributed by atoms with Crippen molar-refractivity contribution in [3.05, 3.63) is 47.4 Å². The van der Waals surface area contributed by atoms with Gasteiger partial charge in [0.05, 0.1) is 5.75 Å². The van der Waals surface area contributed by atoms with Crippen LogP contribution in [0.2, 0.25) is 0 Å². The van der Waals surface area contributed by atoms with Crippen LogP contribution in [0.3, 0.4) is 0 Å². The second kappa shape index (κ2) is 6.24. The van der Waals surface area contributed by atoms with E-state index in [2.05, 4.69) is 31.3 Å². The zero-order valence-corrected chi connectivity index (χ0v) is 14.1. The molecule has 1 aromatic rings. The van der Waals surface area contributed by atoms with Crippen molar-refractivity contribution in [2.75, 3.05) is 5.75 Å². The lowest BCUT2D eigenvalue weighted by atomic mass is 9.78. The monoisotopic (exact) mass is 321 g/mol. The first kappa shape index (κ1) is 16.7. The van der Waals surface area contributed by atoms with Crippen LogP contribution in [0.5, 0.6) is 0 Å². The summed E-state index contributed by atoms with van der Waals surface area (Å²) in [7, 11) is -3.10. The van der Waals surface area contributed by atoms with Gasteiger partial charge in [0, 0.05) is 29.2 Å². The molecule has 0 aromatic heterocycles. The number of carbonyl (C=O) groups excluding carboxylic acids is 1. The Bertz CT molecular complexity index is 662. The summed E-state index contributed by atoms with van der Waals surface area (Å²) in [5.74, 6) is -0.281. The number of nitrogens with one attached hydrogen (secondary N) is 1. The summed E-state index contributed by atoms with van der Waals surface area (Å²) in [6.45, 7) is 6.16. The van der Waals surface area contributed by atoms with E-state index in [9.17, 15) is 13.2 Å². The van der Waals surface area contributed by atoms with Gasteiger partial charge in [0.15, 0.2) is 9.84 Å². The van der Waals surface area contributed by atoms with Crippen LogP contribution in [-0.4, -0.2) is 26.1 Å². The Morgan fingerprint density at radius 1 is 1.32 bits per heavy atom. The molecule has 0 unspecified atom stereocenters. The number of hydrogen-bond acceptors (Lipinski definition) is 3. The molecule has 0 spiro atoms. The van der Waals surface area contributed by atoms with E-state index in [-0.39, 0.29) is 35.5 Å². The Kier molecular flexibility index (Phi) is 4.75. The van der Waals surface area contributed by atoms with Crippen LogP contribution < -0.4 is 5.32 Å². The summed E-state index contributed by atoms with van der Waals surface area (Å²) < 4.78 is 22.7. The van der Waals surface area contributed by atoms with Crippen LogP contribution in [0, 0.1) is 5.92 Å². The highest BCUT2D eigenvalue weighted by atomic mass is 32.2. The maximum absolute atomic E-state index is 12.2. The number of sulfone groups is 1. The van der Waals surface area contributed by atoms with Crippen LogP contribution in [0.25, 0.3) is 0 Å². The standard InChI is InChI=1S/C17H23NO3S/c1-13(17(2,3)15-7-5-4-6-8-15)18-16(19)11-14-9-10-22(20,21)12-14/h4-10,13-14H,11-12H2,1-3H3,(H,18,19)/t13-,14+/m0/s1. The number of carbonyl (C=O) groups is 1.